The van der Waals surface area contributed by atoms with Crippen molar-refractivity contribution in [3.05, 3.63) is 29.6 Å². The number of benzene rings is 1. The van der Waals surface area contributed by atoms with Crippen LogP contribution in [0.1, 0.15) is 32.3 Å². The van der Waals surface area contributed by atoms with E-state index in [9.17, 15) is 4.39 Å². The third kappa shape index (κ3) is 2.78. The van der Waals surface area contributed by atoms with Crippen molar-refractivity contribution in [1.82, 2.24) is 0 Å². The topological polar surface area (TPSA) is 29.3 Å². The summed E-state index contributed by atoms with van der Waals surface area (Å²) in [5, 5.41) is 0. The summed E-state index contributed by atoms with van der Waals surface area (Å²) < 4.78 is 13.2. The molecule has 0 bridgehead atoms. The van der Waals surface area contributed by atoms with Gasteiger partial charge in [0, 0.05) is 25.3 Å². The molecular formula is C14H21FN2. The number of halogens is 1. The largest absolute Gasteiger partial charge is 0.371 e. The molecule has 1 aliphatic heterocycles. The fraction of sp³-hybridized carbons (Fsp3) is 0.571. The van der Waals surface area contributed by atoms with E-state index in [2.05, 4.69) is 18.7 Å². The summed E-state index contributed by atoms with van der Waals surface area (Å²) in [7, 11) is 0. The van der Waals surface area contributed by atoms with Gasteiger partial charge in [-0.2, -0.15) is 0 Å². The van der Waals surface area contributed by atoms with E-state index < -0.39 is 0 Å². The lowest BCUT2D eigenvalue weighted by Gasteiger charge is -2.39. The SMILES string of the molecule is CC1(C)CCN(c2ccc(F)cc2CN)CC1. The summed E-state index contributed by atoms with van der Waals surface area (Å²) in [6.07, 6.45) is 2.35. The van der Waals surface area contributed by atoms with Gasteiger partial charge in [0.15, 0.2) is 0 Å². The Hall–Kier alpha value is -1.09. The average molecular weight is 236 g/mol. The third-order valence-corrected chi connectivity index (χ3v) is 3.72. The maximum atomic E-state index is 13.2. The Morgan fingerprint density at radius 1 is 1.29 bits per heavy atom. The predicted molar refractivity (Wildman–Crippen MR) is 69.5 cm³/mol. The highest BCUT2D eigenvalue weighted by molar-refractivity contribution is 5.54. The Morgan fingerprint density at radius 2 is 1.94 bits per heavy atom. The second kappa shape index (κ2) is 4.65. The van der Waals surface area contributed by atoms with Crippen LogP contribution >= 0.6 is 0 Å². The molecule has 0 aromatic heterocycles. The fourth-order valence-corrected chi connectivity index (χ4v) is 2.38. The molecule has 94 valence electrons. The lowest BCUT2D eigenvalue weighted by atomic mass is 9.82. The maximum absolute atomic E-state index is 13.2. The monoisotopic (exact) mass is 236 g/mol. The fourth-order valence-electron chi connectivity index (χ4n) is 2.38. The van der Waals surface area contributed by atoms with Crippen molar-refractivity contribution < 1.29 is 4.39 Å². The molecule has 2 N–H and O–H groups in total. The molecule has 1 aliphatic rings. The minimum absolute atomic E-state index is 0.202. The first-order chi connectivity index (χ1) is 8.02. The van der Waals surface area contributed by atoms with Gasteiger partial charge in [0.2, 0.25) is 0 Å². The van der Waals surface area contributed by atoms with Gasteiger partial charge >= 0.3 is 0 Å². The summed E-state index contributed by atoms with van der Waals surface area (Å²) >= 11 is 0. The molecule has 1 aromatic carbocycles. The van der Waals surface area contributed by atoms with Gasteiger partial charge in [0.25, 0.3) is 0 Å². The van der Waals surface area contributed by atoms with Crippen molar-refractivity contribution in [1.29, 1.82) is 0 Å². The van der Waals surface area contributed by atoms with Gasteiger partial charge in [-0.25, -0.2) is 4.39 Å². The molecule has 0 atom stereocenters. The second-order valence-electron chi connectivity index (χ2n) is 5.63. The standard InChI is InChI=1S/C14H21FN2/c1-14(2)5-7-17(8-6-14)13-4-3-12(15)9-11(13)10-16/h3-4,9H,5-8,10,16H2,1-2H3. The van der Waals surface area contributed by atoms with Crippen LogP contribution in [0, 0.1) is 11.2 Å². The molecule has 17 heavy (non-hydrogen) atoms. The predicted octanol–water partition coefficient (Wildman–Crippen LogP) is 2.91. The molecular weight excluding hydrogens is 215 g/mol. The molecule has 0 radical (unpaired) electrons. The summed E-state index contributed by atoms with van der Waals surface area (Å²) in [6.45, 7) is 7.07. The number of anilines is 1. The van der Waals surface area contributed by atoms with Gasteiger partial charge in [-0.15, -0.1) is 0 Å². The lowest BCUT2D eigenvalue weighted by Crippen LogP contribution is -2.37. The second-order valence-corrected chi connectivity index (χ2v) is 5.63. The molecule has 0 amide bonds. The van der Waals surface area contributed by atoms with E-state index in [4.69, 9.17) is 5.73 Å². The Bertz CT molecular complexity index is 391. The van der Waals surface area contributed by atoms with Crippen molar-refractivity contribution in [2.75, 3.05) is 18.0 Å². The van der Waals surface area contributed by atoms with Crippen molar-refractivity contribution in [3.63, 3.8) is 0 Å². The summed E-state index contributed by atoms with van der Waals surface area (Å²) in [6, 6.07) is 4.93. The van der Waals surface area contributed by atoms with Crippen LogP contribution in [0.4, 0.5) is 10.1 Å². The molecule has 0 saturated carbocycles. The third-order valence-electron chi connectivity index (χ3n) is 3.72. The Morgan fingerprint density at radius 3 is 2.53 bits per heavy atom. The van der Waals surface area contributed by atoms with Crippen molar-refractivity contribution >= 4 is 5.69 Å². The molecule has 0 unspecified atom stereocenters. The van der Waals surface area contributed by atoms with Crippen LogP contribution in [0.25, 0.3) is 0 Å². The normalized spacial score (nSPS) is 19.4. The zero-order valence-electron chi connectivity index (χ0n) is 10.7. The minimum atomic E-state index is -0.202. The number of rotatable bonds is 2. The first-order valence-electron chi connectivity index (χ1n) is 6.25. The molecule has 3 heteroatoms. The molecule has 0 aliphatic carbocycles. The number of nitrogens with two attached hydrogens (primary N) is 1. The van der Waals surface area contributed by atoms with E-state index in [1.807, 2.05) is 6.07 Å². The highest BCUT2D eigenvalue weighted by Gasteiger charge is 2.26. The minimum Gasteiger partial charge on any atom is -0.371 e. The van der Waals surface area contributed by atoms with Crippen LogP contribution in [-0.4, -0.2) is 13.1 Å². The molecule has 2 nitrogen and oxygen atoms in total. The maximum Gasteiger partial charge on any atom is 0.123 e. The van der Waals surface area contributed by atoms with Crippen LogP contribution in [0.5, 0.6) is 0 Å². The quantitative estimate of drug-likeness (QED) is 0.855. The van der Waals surface area contributed by atoms with E-state index in [0.29, 0.717) is 12.0 Å². The van der Waals surface area contributed by atoms with Crippen LogP contribution < -0.4 is 10.6 Å². The van der Waals surface area contributed by atoms with E-state index in [1.54, 1.807) is 6.07 Å². The Labute approximate surface area is 103 Å². The zero-order chi connectivity index (χ0) is 12.5. The molecule has 1 aromatic rings. The first-order valence-corrected chi connectivity index (χ1v) is 6.25. The van der Waals surface area contributed by atoms with Crippen LogP contribution in [0.3, 0.4) is 0 Å². The molecule has 1 fully saturated rings. The first kappa shape index (κ1) is 12.4. The van der Waals surface area contributed by atoms with Gasteiger partial charge < -0.3 is 10.6 Å². The summed E-state index contributed by atoms with van der Waals surface area (Å²) in [4.78, 5) is 2.33. The highest BCUT2D eigenvalue weighted by Crippen LogP contribution is 2.33. The van der Waals surface area contributed by atoms with E-state index in [1.165, 1.54) is 18.9 Å². The number of hydrogen-bond acceptors (Lipinski definition) is 2. The highest BCUT2D eigenvalue weighted by atomic mass is 19.1. The van der Waals surface area contributed by atoms with Crippen LogP contribution in [-0.2, 0) is 6.54 Å². The lowest BCUT2D eigenvalue weighted by molar-refractivity contribution is 0.279. The smallest absolute Gasteiger partial charge is 0.123 e. The van der Waals surface area contributed by atoms with Gasteiger partial charge in [0.05, 0.1) is 0 Å². The van der Waals surface area contributed by atoms with Crippen molar-refractivity contribution in [2.24, 2.45) is 11.1 Å². The van der Waals surface area contributed by atoms with Crippen molar-refractivity contribution in [3.8, 4) is 0 Å². The Balaban J connectivity index is 2.18. The van der Waals surface area contributed by atoms with Crippen LogP contribution in [0.2, 0.25) is 0 Å². The molecule has 1 heterocycles. The summed E-state index contributed by atoms with van der Waals surface area (Å²) in [5.74, 6) is -0.202. The molecule has 2 rings (SSSR count). The van der Waals surface area contributed by atoms with Gasteiger partial charge in [-0.05, 0) is 42.0 Å². The zero-order valence-corrected chi connectivity index (χ0v) is 10.7. The summed E-state index contributed by atoms with van der Waals surface area (Å²) in [5.41, 5.74) is 8.12. The van der Waals surface area contributed by atoms with E-state index >= 15 is 0 Å². The number of piperidine rings is 1. The number of hydrogen-bond donors (Lipinski definition) is 1. The average Bonchev–Trinajstić information content (AvgIpc) is 2.29. The Kier molecular flexibility index (Phi) is 3.38. The molecule has 1 saturated heterocycles. The van der Waals surface area contributed by atoms with Crippen molar-refractivity contribution in [2.45, 2.75) is 33.2 Å². The molecule has 0 spiro atoms. The van der Waals surface area contributed by atoms with Gasteiger partial charge in [0.1, 0.15) is 5.82 Å². The number of nitrogens with zero attached hydrogens (tertiary/aromatic N) is 1. The van der Waals surface area contributed by atoms with Gasteiger partial charge in [-0.1, -0.05) is 13.8 Å². The van der Waals surface area contributed by atoms with E-state index in [0.717, 1.165) is 24.3 Å². The van der Waals surface area contributed by atoms with E-state index in [-0.39, 0.29) is 5.82 Å². The van der Waals surface area contributed by atoms with Crippen LogP contribution in [0.15, 0.2) is 18.2 Å². The van der Waals surface area contributed by atoms with Gasteiger partial charge in [-0.3, -0.25) is 0 Å².